The monoisotopic (exact) mass is 267 g/mol. The smallest absolute Gasteiger partial charge is 0.151 e. The number of nitrogen functional groups attached to an aromatic ring is 1. The zero-order chi connectivity index (χ0) is 13.3. The molecule has 2 rings (SSSR count). The van der Waals surface area contributed by atoms with Gasteiger partial charge in [-0.2, -0.15) is 5.10 Å². The second-order valence-electron chi connectivity index (χ2n) is 4.19. The lowest BCUT2D eigenvalue weighted by molar-refractivity contribution is 0.630. The highest BCUT2D eigenvalue weighted by Gasteiger charge is 2.18. The normalized spacial score (nSPS) is 10.9. The second kappa shape index (κ2) is 4.98. The molecule has 0 fully saturated rings. The lowest BCUT2D eigenvalue weighted by Crippen LogP contribution is -1.99. The zero-order valence-corrected chi connectivity index (χ0v) is 11.1. The molecule has 0 aliphatic rings. The molecule has 1 aromatic heterocycles. The van der Waals surface area contributed by atoms with Crippen LogP contribution >= 0.6 is 11.6 Å². The average Bonchev–Trinajstić information content (AvgIpc) is 2.61. The first-order valence-corrected chi connectivity index (χ1v) is 6.19. The van der Waals surface area contributed by atoms with E-state index in [-0.39, 0.29) is 5.02 Å². The average molecular weight is 268 g/mol. The Balaban J connectivity index is 2.63. The summed E-state index contributed by atoms with van der Waals surface area (Å²) in [6.45, 7) is 2.05. The lowest BCUT2D eigenvalue weighted by atomic mass is 10.0. The number of hydrogen-bond donors (Lipinski definition) is 1. The molecule has 3 nitrogen and oxygen atoms in total. The summed E-state index contributed by atoms with van der Waals surface area (Å²) in [5.74, 6) is 0.126. The molecule has 1 aromatic carbocycles. The Morgan fingerprint density at radius 3 is 2.83 bits per heavy atom. The Hall–Kier alpha value is -1.55. The van der Waals surface area contributed by atoms with Crippen LogP contribution in [0.4, 0.5) is 10.2 Å². The van der Waals surface area contributed by atoms with E-state index in [4.69, 9.17) is 17.3 Å². The van der Waals surface area contributed by atoms with Crippen molar-refractivity contribution in [2.45, 2.75) is 19.8 Å². The maximum absolute atomic E-state index is 14.0. The maximum atomic E-state index is 14.0. The first-order chi connectivity index (χ1) is 8.56. The summed E-state index contributed by atoms with van der Waals surface area (Å²) in [6.07, 6.45) is 1.69. The summed E-state index contributed by atoms with van der Waals surface area (Å²) in [5.41, 5.74) is 7.82. The third kappa shape index (κ3) is 2.08. The number of aromatic nitrogens is 2. The van der Waals surface area contributed by atoms with Crippen molar-refractivity contribution in [2.75, 3.05) is 5.73 Å². The molecule has 0 aliphatic carbocycles. The van der Waals surface area contributed by atoms with Crippen LogP contribution in [0, 0.1) is 5.82 Å². The number of hydrogen-bond acceptors (Lipinski definition) is 2. The van der Waals surface area contributed by atoms with E-state index in [1.807, 2.05) is 6.92 Å². The molecule has 5 heteroatoms. The van der Waals surface area contributed by atoms with E-state index in [2.05, 4.69) is 5.10 Å². The summed E-state index contributed by atoms with van der Waals surface area (Å²) < 4.78 is 15.6. The van der Waals surface area contributed by atoms with E-state index in [9.17, 15) is 4.39 Å². The minimum Gasteiger partial charge on any atom is -0.384 e. The van der Waals surface area contributed by atoms with Gasteiger partial charge in [0, 0.05) is 18.2 Å². The number of aryl methyl sites for hydroxylation is 1. The Labute approximate surface area is 110 Å². The zero-order valence-electron chi connectivity index (χ0n) is 10.4. The van der Waals surface area contributed by atoms with Crippen LogP contribution in [0.25, 0.3) is 11.3 Å². The predicted octanol–water partition coefficient (Wildman–Crippen LogP) is 3.41. The molecular weight excluding hydrogens is 253 g/mol. The highest BCUT2D eigenvalue weighted by atomic mass is 35.5. The molecule has 0 saturated carbocycles. The number of anilines is 1. The summed E-state index contributed by atoms with van der Waals surface area (Å²) >= 11 is 5.80. The fraction of sp³-hybridized carbons (Fsp3) is 0.308. The van der Waals surface area contributed by atoms with Gasteiger partial charge in [0.1, 0.15) is 11.5 Å². The molecular formula is C13H15ClFN3. The number of benzene rings is 1. The number of nitrogens with zero attached hydrogens (tertiary/aromatic N) is 2. The van der Waals surface area contributed by atoms with Crippen LogP contribution in [0.15, 0.2) is 18.2 Å². The Kier molecular flexibility index (Phi) is 3.57. The van der Waals surface area contributed by atoms with E-state index < -0.39 is 5.82 Å². The molecule has 18 heavy (non-hydrogen) atoms. The Morgan fingerprint density at radius 2 is 2.17 bits per heavy atom. The topological polar surface area (TPSA) is 43.8 Å². The molecule has 0 amide bonds. The van der Waals surface area contributed by atoms with Crippen molar-refractivity contribution in [1.29, 1.82) is 0 Å². The summed E-state index contributed by atoms with van der Waals surface area (Å²) in [6, 6.07) is 4.90. The van der Waals surface area contributed by atoms with Gasteiger partial charge in [0.15, 0.2) is 5.82 Å². The standard InChI is InChI=1S/C13H15ClFN3/c1-3-5-9-12(17-18(2)13(9)16)8-6-4-7-10(14)11(8)15/h4,6-7H,3,5,16H2,1-2H3. The molecule has 0 saturated heterocycles. The molecule has 0 spiro atoms. The van der Waals surface area contributed by atoms with Crippen molar-refractivity contribution in [1.82, 2.24) is 9.78 Å². The third-order valence-electron chi connectivity index (χ3n) is 2.90. The Bertz CT molecular complexity index is 578. The van der Waals surface area contributed by atoms with Crippen molar-refractivity contribution in [3.63, 3.8) is 0 Å². The van der Waals surface area contributed by atoms with Crippen molar-refractivity contribution in [3.05, 3.63) is 34.6 Å². The fourth-order valence-corrected chi connectivity index (χ4v) is 2.15. The third-order valence-corrected chi connectivity index (χ3v) is 3.19. The molecule has 1 heterocycles. The van der Waals surface area contributed by atoms with Gasteiger partial charge in [0.2, 0.25) is 0 Å². The van der Waals surface area contributed by atoms with Crippen LogP contribution in [0.5, 0.6) is 0 Å². The van der Waals surface area contributed by atoms with Gasteiger partial charge in [-0.3, -0.25) is 4.68 Å². The number of halogens is 2. The molecule has 2 aromatic rings. The minimum atomic E-state index is -0.449. The lowest BCUT2D eigenvalue weighted by Gasteiger charge is -2.04. The molecule has 0 unspecified atom stereocenters. The quantitative estimate of drug-likeness (QED) is 0.926. The van der Waals surface area contributed by atoms with E-state index >= 15 is 0 Å². The fourth-order valence-electron chi connectivity index (χ4n) is 1.98. The SMILES string of the molecule is CCCc1c(-c2cccc(Cl)c2F)nn(C)c1N. The van der Waals surface area contributed by atoms with Gasteiger partial charge in [0.25, 0.3) is 0 Å². The minimum absolute atomic E-state index is 0.0965. The van der Waals surface area contributed by atoms with Crippen LogP contribution in [0.3, 0.4) is 0 Å². The van der Waals surface area contributed by atoms with Crippen LogP contribution in [-0.4, -0.2) is 9.78 Å². The van der Waals surface area contributed by atoms with Gasteiger partial charge < -0.3 is 5.73 Å². The summed E-state index contributed by atoms with van der Waals surface area (Å²) in [5, 5.41) is 4.39. The molecule has 0 atom stereocenters. The highest BCUT2D eigenvalue weighted by molar-refractivity contribution is 6.31. The van der Waals surface area contributed by atoms with Crippen LogP contribution < -0.4 is 5.73 Å². The largest absolute Gasteiger partial charge is 0.384 e. The van der Waals surface area contributed by atoms with Crippen molar-refractivity contribution in [3.8, 4) is 11.3 Å². The summed E-state index contributed by atoms with van der Waals surface area (Å²) in [4.78, 5) is 0. The maximum Gasteiger partial charge on any atom is 0.151 e. The van der Waals surface area contributed by atoms with Crippen LogP contribution in [0.2, 0.25) is 5.02 Å². The van der Waals surface area contributed by atoms with E-state index in [0.717, 1.165) is 18.4 Å². The van der Waals surface area contributed by atoms with Gasteiger partial charge in [-0.25, -0.2) is 4.39 Å². The molecule has 96 valence electrons. The molecule has 0 bridgehead atoms. The highest BCUT2D eigenvalue weighted by Crippen LogP contribution is 2.32. The predicted molar refractivity (Wildman–Crippen MR) is 72.0 cm³/mol. The first-order valence-electron chi connectivity index (χ1n) is 5.82. The van der Waals surface area contributed by atoms with Crippen LogP contribution in [0.1, 0.15) is 18.9 Å². The van der Waals surface area contributed by atoms with E-state index in [0.29, 0.717) is 17.1 Å². The van der Waals surface area contributed by atoms with Gasteiger partial charge >= 0.3 is 0 Å². The van der Waals surface area contributed by atoms with Gasteiger partial charge in [-0.05, 0) is 18.6 Å². The Morgan fingerprint density at radius 1 is 1.44 bits per heavy atom. The molecule has 0 radical (unpaired) electrons. The van der Waals surface area contributed by atoms with Gasteiger partial charge in [-0.15, -0.1) is 0 Å². The second-order valence-corrected chi connectivity index (χ2v) is 4.59. The van der Waals surface area contributed by atoms with E-state index in [1.54, 1.807) is 23.9 Å². The van der Waals surface area contributed by atoms with Gasteiger partial charge in [-0.1, -0.05) is 31.0 Å². The van der Waals surface area contributed by atoms with Crippen LogP contribution in [-0.2, 0) is 13.5 Å². The van der Waals surface area contributed by atoms with Crippen molar-refractivity contribution >= 4 is 17.4 Å². The summed E-state index contributed by atoms with van der Waals surface area (Å²) in [7, 11) is 1.75. The number of rotatable bonds is 3. The first kappa shape index (κ1) is 12.9. The van der Waals surface area contributed by atoms with Gasteiger partial charge in [0.05, 0.1) is 5.02 Å². The molecule has 2 N–H and O–H groups in total. The number of nitrogens with two attached hydrogens (primary N) is 1. The van der Waals surface area contributed by atoms with E-state index in [1.165, 1.54) is 6.07 Å². The van der Waals surface area contributed by atoms with Crippen molar-refractivity contribution in [2.24, 2.45) is 7.05 Å². The van der Waals surface area contributed by atoms with Crippen molar-refractivity contribution < 1.29 is 4.39 Å². The molecule has 0 aliphatic heterocycles.